The second kappa shape index (κ2) is 7.28. The van der Waals surface area contributed by atoms with Gasteiger partial charge >= 0.3 is 0 Å². The van der Waals surface area contributed by atoms with Crippen molar-refractivity contribution >= 4 is 5.84 Å². The first kappa shape index (κ1) is 15.6. The largest absolute Gasteiger partial charge is 0.496 e. The maximum absolute atomic E-state index is 8.79. The molecule has 0 aliphatic carbocycles. The summed E-state index contributed by atoms with van der Waals surface area (Å²) in [4.78, 5) is 2.36. The van der Waals surface area contributed by atoms with E-state index in [1.165, 1.54) is 0 Å². The Balaban J connectivity index is 2.11. The number of ether oxygens (including phenoxy) is 2. The molecule has 1 aromatic carbocycles. The van der Waals surface area contributed by atoms with Gasteiger partial charge in [-0.3, -0.25) is 4.90 Å². The molecule has 1 aliphatic heterocycles. The Morgan fingerprint density at radius 1 is 1.38 bits per heavy atom. The molecule has 0 amide bonds. The SMILES string of the molecule is COc1ccc(/C(N)=N/O)cc1CN1CCC(OC)CC1. The van der Waals surface area contributed by atoms with Gasteiger partial charge in [-0.1, -0.05) is 5.16 Å². The van der Waals surface area contributed by atoms with Gasteiger partial charge in [0, 0.05) is 37.9 Å². The number of piperidine rings is 1. The third-order valence-corrected chi connectivity index (χ3v) is 3.95. The van der Waals surface area contributed by atoms with Crippen LogP contribution in [0.2, 0.25) is 0 Å². The lowest BCUT2D eigenvalue weighted by molar-refractivity contribution is 0.0387. The Kier molecular flexibility index (Phi) is 5.41. The van der Waals surface area contributed by atoms with Crippen LogP contribution in [0.25, 0.3) is 0 Å². The van der Waals surface area contributed by atoms with Gasteiger partial charge in [0.2, 0.25) is 0 Å². The smallest absolute Gasteiger partial charge is 0.170 e. The van der Waals surface area contributed by atoms with Crippen molar-refractivity contribution in [2.75, 3.05) is 27.3 Å². The van der Waals surface area contributed by atoms with Gasteiger partial charge in [-0.25, -0.2) is 0 Å². The lowest BCUT2D eigenvalue weighted by Gasteiger charge is -2.31. The molecule has 0 unspecified atom stereocenters. The van der Waals surface area contributed by atoms with Gasteiger partial charge in [-0.05, 0) is 31.0 Å². The molecular formula is C15H23N3O3. The second-order valence-electron chi connectivity index (χ2n) is 5.22. The summed E-state index contributed by atoms with van der Waals surface area (Å²) in [5, 5.41) is 11.8. The quantitative estimate of drug-likeness (QED) is 0.371. The zero-order valence-corrected chi connectivity index (χ0v) is 12.6. The molecule has 3 N–H and O–H groups in total. The van der Waals surface area contributed by atoms with Crippen LogP contribution >= 0.6 is 0 Å². The molecule has 0 spiro atoms. The van der Waals surface area contributed by atoms with Gasteiger partial charge in [-0.15, -0.1) is 0 Å². The highest BCUT2D eigenvalue weighted by Crippen LogP contribution is 2.23. The molecule has 1 fully saturated rings. The fraction of sp³-hybridized carbons (Fsp3) is 0.533. The van der Waals surface area contributed by atoms with E-state index in [0.717, 1.165) is 43.8 Å². The molecule has 6 heteroatoms. The van der Waals surface area contributed by atoms with Gasteiger partial charge in [0.1, 0.15) is 5.75 Å². The number of oxime groups is 1. The highest BCUT2D eigenvalue weighted by atomic mass is 16.5. The predicted molar refractivity (Wildman–Crippen MR) is 80.8 cm³/mol. The summed E-state index contributed by atoms with van der Waals surface area (Å²) in [6, 6.07) is 5.55. The lowest BCUT2D eigenvalue weighted by atomic mass is 10.0. The number of nitrogens with zero attached hydrogens (tertiary/aromatic N) is 2. The minimum atomic E-state index is 0.108. The molecule has 0 atom stereocenters. The van der Waals surface area contributed by atoms with Crippen molar-refractivity contribution in [3.8, 4) is 5.75 Å². The molecule has 21 heavy (non-hydrogen) atoms. The molecule has 0 radical (unpaired) electrons. The normalized spacial score (nSPS) is 17.9. The van der Waals surface area contributed by atoms with Crippen molar-refractivity contribution in [2.24, 2.45) is 10.9 Å². The molecular weight excluding hydrogens is 270 g/mol. The third kappa shape index (κ3) is 3.86. The molecule has 0 aromatic heterocycles. The number of nitrogens with two attached hydrogens (primary N) is 1. The molecule has 1 aromatic rings. The molecule has 0 bridgehead atoms. The molecule has 0 saturated carbocycles. The molecule has 1 heterocycles. The van der Waals surface area contributed by atoms with E-state index in [9.17, 15) is 0 Å². The van der Waals surface area contributed by atoms with Gasteiger partial charge < -0.3 is 20.4 Å². The summed E-state index contributed by atoms with van der Waals surface area (Å²) in [6.45, 7) is 2.77. The van der Waals surface area contributed by atoms with Crippen LogP contribution in [0, 0.1) is 0 Å². The highest BCUT2D eigenvalue weighted by molar-refractivity contribution is 5.97. The zero-order chi connectivity index (χ0) is 15.2. The van der Waals surface area contributed by atoms with Crippen LogP contribution < -0.4 is 10.5 Å². The number of methoxy groups -OCH3 is 2. The van der Waals surface area contributed by atoms with Crippen molar-refractivity contribution in [3.05, 3.63) is 29.3 Å². The standard InChI is InChI=1S/C15H23N3O3/c1-20-13-5-7-18(8-6-13)10-12-9-11(15(16)17-19)3-4-14(12)21-2/h3-4,9,13,19H,5-8,10H2,1-2H3,(H2,16,17). The maximum Gasteiger partial charge on any atom is 0.170 e. The zero-order valence-electron chi connectivity index (χ0n) is 12.6. The minimum Gasteiger partial charge on any atom is -0.496 e. The molecule has 6 nitrogen and oxygen atoms in total. The van der Waals surface area contributed by atoms with Crippen molar-refractivity contribution < 1.29 is 14.7 Å². The van der Waals surface area contributed by atoms with Crippen LogP contribution in [0.1, 0.15) is 24.0 Å². The minimum absolute atomic E-state index is 0.108. The summed E-state index contributed by atoms with van der Waals surface area (Å²) < 4.78 is 10.8. The Bertz CT molecular complexity index is 497. The van der Waals surface area contributed by atoms with Crippen LogP contribution in [0.4, 0.5) is 0 Å². The predicted octanol–water partition coefficient (Wildman–Crippen LogP) is 1.40. The Hall–Kier alpha value is -1.79. The van der Waals surface area contributed by atoms with Crippen molar-refractivity contribution in [2.45, 2.75) is 25.5 Å². The average Bonchev–Trinajstić information content (AvgIpc) is 2.54. The van der Waals surface area contributed by atoms with Gasteiger partial charge in [0.25, 0.3) is 0 Å². The third-order valence-electron chi connectivity index (χ3n) is 3.95. The van der Waals surface area contributed by atoms with Crippen molar-refractivity contribution in [1.29, 1.82) is 0 Å². The number of amidine groups is 1. The summed E-state index contributed by atoms with van der Waals surface area (Å²) in [5.74, 6) is 0.926. The number of hydrogen-bond donors (Lipinski definition) is 2. The van der Waals surface area contributed by atoms with E-state index in [1.54, 1.807) is 20.3 Å². The van der Waals surface area contributed by atoms with Crippen molar-refractivity contribution in [3.63, 3.8) is 0 Å². The second-order valence-corrected chi connectivity index (χ2v) is 5.22. The van der Waals surface area contributed by atoms with Crippen LogP contribution in [-0.4, -0.2) is 49.4 Å². The van der Waals surface area contributed by atoms with E-state index in [4.69, 9.17) is 20.4 Å². The van der Waals surface area contributed by atoms with Crippen LogP contribution in [0.15, 0.2) is 23.4 Å². The van der Waals surface area contributed by atoms with Crippen LogP contribution in [0.3, 0.4) is 0 Å². The molecule has 1 aliphatic rings. The molecule has 2 rings (SSSR count). The highest BCUT2D eigenvalue weighted by Gasteiger charge is 2.20. The Labute approximate surface area is 125 Å². The Morgan fingerprint density at radius 2 is 2.10 bits per heavy atom. The number of hydrogen-bond acceptors (Lipinski definition) is 5. The topological polar surface area (TPSA) is 80.3 Å². The summed E-state index contributed by atoms with van der Waals surface area (Å²) in [7, 11) is 3.42. The summed E-state index contributed by atoms with van der Waals surface area (Å²) in [5.41, 5.74) is 7.39. The summed E-state index contributed by atoms with van der Waals surface area (Å²) in [6.07, 6.45) is 2.45. The van der Waals surface area contributed by atoms with Crippen LogP contribution in [0.5, 0.6) is 5.75 Å². The first-order valence-electron chi connectivity index (χ1n) is 7.08. The Morgan fingerprint density at radius 3 is 2.67 bits per heavy atom. The number of likely N-dealkylation sites (tertiary alicyclic amines) is 1. The fourth-order valence-corrected chi connectivity index (χ4v) is 2.66. The lowest BCUT2D eigenvalue weighted by Crippen LogP contribution is -2.36. The van der Waals surface area contributed by atoms with E-state index in [2.05, 4.69) is 10.1 Å². The van der Waals surface area contributed by atoms with E-state index < -0.39 is 0 Å². The van der Waals surface area contributed by atoms with Gasteiger partial charge in [0.15, 0.2) is 5.84 Å². The van der Waals surface area contributed by atoms with E-state index in [-0.39, 0.29) is 5.84 Å². The molecule has 1 saturated heterocycles. The molecule has 116 valence electrons. The van der Waals surface area contributed by atoms with Gasteiger partial charge in [-0.2, -0.15) is 0 Å². The fourth-order valence-electron chi connectivity index (χ4n) is 2.66. The van der Waals surface area contributed by atoms with E-state index in [1.807, 2.05) is 12.1 Å². The monoisotopic (exact) mass is 293 g/mol. The van der Waals surface area contributed by atoms with E-state index >= 15 is 0 Å². The summed E-state index contributed by atoms with van der Waals surface area (Å²) >= 11 is 0. The first-order valence-corrected chi connectivity index (χ1v) is 7.08. The maximum atomic E-state index is 8.79. The average molecular weight is 293 g/mol. The van der Waals surface area contributed by atoms with E-state index in [0.29, 0.717) is 11.7 Å². The number of rotatable bonds is 5. The van der Waals surface area contributed by atoms with Gasteiger partial charge in [0.05, 0.1) is 13.2 Å². The van der Waals surface area contributed by atoms with Crippen molar-refractivity contribution in [1.82, 2.24) is 4.90 Å². The van der Waals surface area contributed by atoms with Crippen LogP contribution in [-0.2, 0) is 11.3 Å². The first-order chi connectivity index (χ1) is 10.2. The number of benzene rings is 1.